The molecule has 0 aliphatic carbocycles. The van der Waals surface area contributed by atoms with Crippen molar-refractivity contribution >= 4 is 13.4 Å². The van der Waals surface area contributed by atoms with Gasteiger partial charge in [-0.25, -0.2) is 9.65 Å². The second kappa shape index (κ2) is 7.54. The third kappa shape index (κ3) is 5.12. The molecule has 1 N–H and O–H groups in total. The zero-order valence-corrected chi connectivity index (χ0v) is 13.6. The van der Waals surface area contributed by atoms with Crippen LogP contribution in [0.3, 0.4) is 0 Å². The van der Waals surface area contributed by atoms with Crippen LogP contribution < -0.4 is 9.61 Å². The van der Waals surface area contributed by atoms with E-state index in [2.05, 4.69) is 5.09 Å². The first kappa shape index (κ1) is 17.6. The highest BCUT2D eigenvalue weighted by atomic mass is 31.2. The van der Waals surface area contributed by atoms with Crippen LogP contribution in [-0.2, 0) is 9.09 Å². The third-order valence-corrected chi connectivity index (χ3v) is 4.61. The predicted molar refractivity (Wildman–Crippen MR) is 80.6 cm³/mol. The van der Waals surface area contributed by atoms with Crippen molar-refractivity contribution in [2.45, 2.75) is 40.2 Å². The van der Waals surface area contributed by atoms with E-state index in [0.717, 1.165) is 12.0 Å². The molecular formula is C13H21N2O5P. The number of nitro groups is 1. The number of benzene rings is 1. The maximum Gasteiger partial charge on any atom is 0.459 e. The lowest BCUT2D eigenvalue weighted by molar-refractivity contribution is -0.385. The summed E-state index contributed by atoms with van der Waals surface area (Å²) < 4.78 is 23.2. The number of aryl methyl sites for hydroxylation is 1. The van der Waals surface area contributed by atoms with E-state index in [9.17, 15) is 14.7 Å². The fraction of sp³-hybridized carbons (Fsp3) is 0.538. The van der Waals surface area contributed by atoms with Gasteiger partial charge < -0.3 is 4.52 Å². The Kier molecular flexibility index (Phi) is 6.33. The van der Waals surface area contributed by atoms with Gasteiger partial charge >= 0.3 is 13.4 Å². The SMILES string of the molecule is CCOP(=O)(NC(C)CC)Oc1cc(C)ccc1[N+](=O)[O-]. The fourth-order valence-corrected chi connectivity index (χ4v) is 3.24. The minimum absolute atomic E-state index is 0.0624. The molecule has 2 unspecified atom stereocenters. The van der Waals surface area contributed by atoms with E-state index >= 15 is 0 Å². The summed E-state index contributed by atoms with van der Waals surface area (Å²) in [6.45, 7) is 7.37. The van der Waals surface area contributed by atoms with E-state index in [1.807, 2.05) is 13.8 Å². The maximum atomic E-state index is 12.7. The van der Waals surface area contributed by atoms with Gasteiger partial charge in [0.25, 0.3) is 0 Å². The van der Waals surface area contributed by atoms with E-state index in [-0.39, 0.29) is 24.1 Å². The fourth-order valence-electron chi connectivity index (χ4n) is 1.60. The van der Waals surface area contributed by atoms with Gasteiger partial charge in [0.1, 0.15) is 0 Å². The Labute approximate surface area is 124 Å². The van der Waals surface area contributed by atoms with Crippen molar-refractivity contribution < 1.29 is 18.5 Å². The Bertz CT molecular complexity index is 549. The molecular weight excluding hydrogens is 295 g/mol. The summed E-state index contributed by atoms with van der Waals surface area (Å²) in [6, 6.07) is 4.29. The molecule has 0 saturated carbocycles. The van der Waals surface area contributed by atoms with Crippen LogP contribution in [0.5, 0.6) is 5.75 Å². The lowest BCUT2D eigenvalue weighted by atomic mass is 10.2. The molecule has 8 heteroatoms. The van der Waals surface area contributed by atoms with Crippen molar-refractivity contribution in [3.05, 3.63) is 33.9 Å². The molecule has 0 amide bonds. The molecule has 0 radical (unpaired) electrons. The van der Waals surface area contributed by atoms with Gasteiger partial charge in [-0.3, -0.25) is 14.6 Å². The lowest BCUT2D eigenvalue weighted by Crippen LogP contribution is -2.26. The summed E-state index contributed by atoms with van der Waals surface area (Å²) in [5, 5.41) is 13.8. The second-order valence-corrected chi connectivity index (χ2v) is 6.37. The highest BCUT2D eigenvalue weighted by Crippen LogP contribution is 2.47. The molecule has 1 aromatic rings. The monoisotopic (exact) mass is 316 g/mol. The van der Waals surface area contributed by atoms with Crippen molar-refractivity contribution in [2.24, 2.45) is 0 Å². The van der Waals surface area contributed by atoms with Gasteiger partial charge in [-0.2, -0.15) is 0 Å². The molecule has 0 aliphatic heterocycles. The zero-order chi connectivity index (χ0) is 16.0. The van der Waals surface area contributed by atoms with Gasteiger partial charge in [0.15, 0.2) is 0 Å². The summed E-state index contributed by atoms with van der Waals surface area (Å²) in [5.41, 5.74) is 0.522. The van der Waals surface area contributed by atoms with Gasteiger partial charge in [0.2, 0.25) is 5.75 Å². The molecule has 0 fully saturated rings. The lowest BCUT2D eigenvalue weighted by Gasteiger charge is -2.22. The number of hydrogen-bond acceptors (Lipinski definition) is 5. The molecule has 0 aliphatic rings. The van der Waals surface area contributed by atoms with Crippen molar-refractivity contribution in [1.29, 1.82) is 0 Å². The molecule has 21 heavy (non-hydrogen) atoms. The van der Waals surface area contributed by atoms with Gasteiger partial charge in [-0.1, -0.05) is 13.0 Å². The number of nitrogens with one attached hydrogen (secondary N) is 1. The van der Waals surface area contributed by atoms with Crippen molar-refractivity contribution in [3.63, 3.8) is 0 Å². The Hall–Kier alpha value is -1.43. The molecule has 0 bridgehead atoms. The number of nitro benzene ring substituents is 1. The Balaban J connectivity index is 3.11. The Morgan fingerprint density at radius 1 is 1.43 bits per heavy atom. The van der Waals surface area contributed by atoms with Gasteiger partial charge in [-0.05, 0) is 38.8 Å². The molecule has 1 rings (SSSR count). The highest BCUT2D eigenvalue weighted by Gasteiger charge is 2.31. The summed E-state index contributed by atoms with van der Waals surface area (Å²) in [5.74, 6) is -0.0624. The number of rotatable bonds is 8. The first-order valence-electron chi connectivity index (χ1n) is 6.78. The van der Waals surface area contributed by atoms with Crippen LogP contribution in [0.2, 0.25) is 0 Å². The Morgan fingerprint density at radius 3 is 2.62 bits per heavy atom. The van der Waals surface area contributed by atoms with Crippen LogP contribution in [0.1, 0.15) is 32.8 Å². The van der Waals surface area contributed by atoms with Crippen molar-refractivity contribution in [2.75, 3.05) is 6.61 Å². The molecule has 0 heterocycles. The highest BCUT2D eigenvalue weighted by molar-refractivity contribution is 7.52. The normalized spacial score (nSPS) is 15.2. The average molecular weight is 316 g/mol. The summed E-state index contributed by atoms with van der Waals surface area (Å²) in [6.07, 6.45) is 0.719. The molecule has 0 spiro atoms. The zero-order valence-electron chi connectivity index (χ0n) is 12.7. The van der Waals surface area contributed by atoms with Crippen LogP contribution in [0.15, 0.2) is 18.2 Å². The maximum absolute atomic E-state index is 12.7. The second-order valence-electron chi connectivity index (χ2n) is 4.67. The largest absolute Gasteiger partial charge is 0.459 e. The smallest absolute Gasteiger partial charge is 0.406 e. The molecule has 1 aromatic carbocycles. The molecule has 7 nitrogen and oxygen atoms in total. The summed E-state index contributed by atoms with van der Waals surface area (Å²) >= 11 is 0. The van der Waals surface area contributed by atoms with E-state index in [1.54, 1.807) is 19.9 Å². The molecule has 118 valence electrons. The van der Waals surface area contributed by atoms with E-state index in [1.165, 1.54) is 12.1 Å². The first-order valence-corrected chi connectivity index (χ1v) is 8.32. The van der Waals surface area contributed by atoms with Crippen LogP contribution in [0, 0.1) is 17.0 Å². The number of hydrogen-bond donors (Lipinski definition) is 1. The minimum Gasteiger partial charge on any atom is -0.406 e. The average Bonchev–Trinajstić information content (AvgIpc) is 2.38. The van der Waals surface area contributed by atoms with Gasteiger partial charge in [0.05, 0.1) is 11.5 Å². The predicted octanol–water partition coefficient (Wildman–Crippen LogP) is 3.81. The first-order chi connectivity index (χ1) is 9.81. The summed E-state index contributed by atoms with van der Waals surface area (Å²) in [4.78, 5) is 10.5. The molecule has 0 saturated heterocycles. The summed E-state index contributed by atoms with van der Waals surface area (Å²) in [7, 11) is -3.65. The van der Waals surface area contributed by atoms with Crippen LogP contribution in [0.4, 0.5) is 5.69 Å². The molecule has 2 atom stereocenters. The van der Waals surface area contributed by atoms with E-state index < -0.39 is 12.7 Å². The van der Waals surface area contributed by atoms with Crippen LogP contribution in [0.25, 0.3) is 0 Å². The topological polar surface area (TPSA) is 90.7 Å². The van der Waals surface area contributed by atoms with Gasteiger partial charge in [0, 0.05) is 12.1 Å². The quantitative estimate of drug-likeness (QED) is 0.445. The molecule has 0 aromatic heterocycles. The van der Waals surface area contributed by atoms with E-state index in [0.29, 0.717) is 0 Å². The third-order valence-electron chi connectivity index (χ3n) is 2.82. The van der Waals surface area contributed by atoms with Crippen LogP contribution >= 0.6 is 7.75 Å². The Morgan fingerprint density at radius 2 is 2.10 bits per heavy atom. The standard InChI is InChI=1S/C13H21N2O5P/c1-5-11(4)14-21(18,19-6-2)20-13-9-10(3)7-8-12(13)15(16)17/h7-9,11H,5-6H2,1-4H3,(H,14,18). The minimum atomic E-state index is -3.65. The number of nitrogens with zero attached hydrogens (tertiary/aromatic N) is 1. The van der Waals surface area contributed by atoms with Crippen molar-refractivity contribution in [3.8, 4) is 5.75 Å². The van der Waals surface area contributed by atoms with Gasteiger partial charge in [-0.15, -0.1) is 0 Å². The van der Waals surface area contributed by atoms with Crippen molar-refractivity contribution in [1.82, 2.24) is 5.09 Å². The van der Waals surface area contributed by atoms with Crippen LogP contribution in [-0.4, -0.2) is 17.6 Å². The van der Waals surface area contributed by atoms with E-state index in [4.69, 9.17) is 9.05 Å².